The van der Waals surface area contributed by atoms with Crippen LogP contribution in [0, 0.1) is 59.9 Å². The third-order valence-corrected chi connectivity index (χ3v) is 25.5. The van der Waals surface area contributed by atoms with Gasteiger partial charge in [0, 0.05) is 91.6 Å². The molecule has 0 fully saturated rings. The van der Waals surface area contributed by atoms with Crippen molar-refractivity contribution in [3.8, 4) is 89.5 Å². The highest BCUT2D eigenvalue weighted by Gasteiger charge is 2.35. The Morgan fingerprint density at radius 2 is 0.591 bits per heavy atom. The Balaban J connectivity index is 0.000000123. The van der Waals surface area contributed by atoms with Crippen molar-refractivity contribution < 1.29 is 35.9 Å². The third-order valence-electron chi connectivity index (χ3n) is 25.5. The summed E-state index contributed by atoms with van der Waals surface area (Å²) in [5, 5.41) is 8.33. The molecule has 0 bridgehead atoms. The monoisotopic (exact) mass is 1720 g/mol. The fourth-order valence-electron chi connectivity index (χ4n) is 19.1. The Labute approximate surface area is 773 Å². The molecule has 0 saturated carbocycles. The van der Waals surface area contributed by atoms with Gasteiger partial charge in [-0.25, -0.2) is 37.6 Å². The average Bonchev–Trinajstić information content (AvgIpc) is 1.57. The summed E-state index contributed by atoms with van der Waals surface area (Å²) < 4.78 is 35.0. The first-order valence-electron chi connectivity index (χ1n) is 45.1. The molecule has 132 heavy (non-hydrogen) atoms. The molecule has 648 valence electrons. The van der Waals surface area contributed by atoms with Crippen LogP contribution in [0.4, 0.5) is 22.7 Å². The Kier molecular flexibility index (Phi) is 23.7. The standard InChI is InChI=1S/4C30H27N2O/c1-19-18-23(30(2,3)4)26-22-16-15-21(20-12-8-7-9-13-20)27(31-5)28(22)33-29(26)25(19)24-14-10-11-17-32(24)6;1-19-15-16-21-22-18-23(30(2,3)4)26(20-12-8-7-9-13-20)27(31-5)29(22)33-28(21)25(19)24-14-10-11-17-32(24)6;1-19-15-16-21-26-23(30(2,3)4)18-22(20-12-8-7-9-13-20)27(31-5)29(26)33-28(21)25(19)24-14-10-11-17-32(24)6;1-19(2)17-22-18-24-23-15-14-20(3)26(25-13-9-10-16-32(25)5)29(23)33-30(24)28(31-4)27(22)21-11-7-6-8-12-21/h3*7-18H,1-4,6H3;6-16,18-19H,17H2,1-3,5H3/q4*+1. The summed E-state index contributed by atoms with van der Waals surface area (Å²) in [6.07, 6.45) is 9.11. The van der Waals surface area contributed by atoms with Crippen molar-refractivity contribution in [2.24, 2.45) is 34.1 Å². The zero-order chi connectivity index (χ0) is 93.1. The molecule has 8 heterocycles. The summed E-state index contributed by atoms with van der Waals surface area (Å²) in [6.45, 7) is 65.3. The van der Waals surface area contributed by atoms with Crippen molar-refractivity contribution in [2.75, 3.05) is 0 Å². The summed E-state index contributed by atoms with van der Waals surface area (Å²) in [7, 11) is 8.20. The summed E-state index contributed by atoms with van der Waals surface area (Å²) in [4.78, 5) is 16.0. The first-order valence-corrected chi connectivity index (χ1v) is 45.1. The normalized spacial score (nSPS) is 11.7. The molecule has 12 nitrogen and oxygen atoms in total. The molecule has 12 heteroatoms. The number of rotatable bonds is 10. The number of benzene rings is 12. The Bertz CT molecular complexity index is 8140. The Hall–Kier alpha value is -15.6. The van der Waals surface area contributed by atoms with E-state index in [-0.39, 0.29) is 16.2 Å². The van der Waals surface area contributed by atoms with Crippen LogP contribution >= 0.6 is 0 Å². The first kappa shape index (κ1) is 88.4. The molecule has 12 aromatic carbocycles. The minimum absolute atomic E-state index is 0.0758. The van der Waals surface area contributed by atoms with Crippen molar-refractivity contribution in [3.05, 3.63) is 382 Å². The zero-order valence-electron chi connectivity index (χ0n) is 78.7. The molecular weight excluding hydrogens is 1620 g/mol. The number of aromatic nitrogens is 4. The van der Waals surface area contributed by atoms with Gasteiger partial charge in [-0.1, -0.05) is 258 Å². The van der Waals surface area contributed by atoms with Crippen LogP contribution in [0.5, 0.6) is 0 Å². The van der Waals surface area contributed by atoms with Gasteiger partial charge in [0.2, 0.25) is 45.5 Å². The molecule has 0 spiro atoms. The van der Waals surface area contributed by atoms with Crippen LogP contribution in [-0.2, 0) is 50.9 Å². The van der Waals surface area contributed by atoms with Crippen LogP contribution in [0.1, 0.15) is 121 Å². The van der Waals surface area contributed by atoms with Crippen LogP contribution < -0.4 is 18.3 Å². The molecule has 0 radical (unpaired) electrons. The maximum Gasteiger partial charge on any atom is 0.237 e. The molecule has 8 aromatic heterocycles. The van der Waals surface area contributed by atoms with E-state index in [1.165, 1.54) is 22.3 Å². The quantitative estimate of drug-likeness (QED) is 0.101. The van der Waals surface area contributed by atoms with Crippen molar-refractivity contribution in [1.29, 1.82) is 0 Å². The topological polar surface area (TPSA) is 85.5 Å². The fourth-order valence-corrected chi connectivity index (χ4v) is 19.1. The Morgan fingerprint density at radius 3 is 1.01 bits per heavy atom. The number of hydrogen-bond acceptors (Lipinski definition) is 4. The van der Waals surface area contributed by atoms with E-state index in [4.69, 9.17) is 44.0 Å². The highest BCUT2D eigenvalue weighted by atomic mass is 16.3. The Morgan fingerprint density at radius 1 is 0.273 bits per heavy atom. The van der Waals surface area contributed by atoms with E-state index in [9.17, 15) is 0 Å². The minimum Gasteiger partial charge on any atom is -0.466 e. The molecule has 0 aliphatic carbocycles. The number of aryl methyl sites for hydroxylation is 8. The van der Waals surface area contributed by atoms with Gasteiger partial charge in [0.1, 0.15) is 72.9 Å². The molecule has 0 unspecified atom stereocenters. The minimum atomic E-state index is -0.137. The van der Waals surface area contributed by atoms with Crippen molar-refractivity contribution in [3.63, 3.8) is 0 Å². The lowest BCUT2D eigenvalue weighted by molar-refractivity contribution is -0.660. The molecular formula is C120H108N8O4+4. The lowest BCUT2D eigenvalue weighted by Gasteiger charge is -2.24. The van der Waals surface area contributed by atoms with Gasteiger partial charge in [-0.2, -0.15) is 0 Å². The van der Waals surface area contributed by atoms with E-state index >= 15 is 0 Å². The second kappa shape index (κ2) is 35.5. The van der Waals surface area contributed by atoms with Crippen LogP contribution in [0.3, 0.4) is 0 Å². The molecule has 20 aromatic rings. The van der Waals surface area contributed by atoms with Crippen LogP contribution in [-0.4, -0.2) is 0 Å². The van der Waals surface area contributed by atoms with Gasteiger partial charge in [0.05, 0.1) is 48.5 Å². The maximum absolute atomic E-state index is 8.15. The highest BCUT2D eigenvalue weighted by molar-refractivity contribution is 6.20. The molecule has 0 aliphatic heterocycles. The molecule has 0 N–H and O–H groups in total. The van der Waals surface area contributed by atoms with Crippen LogP contribution in [0.15, 0.2) is 309 Å². The summed E-state index contributed by atoms with van der Waals surface area (Å²) in [5.74, 6) is 0.475. The lowest BCUT2D eigenvalue weighted by Crippen LogP contribution is -2.30. The average molecular weight is 1730 g/mol. The molecule has 0 saturated heterocycles. The number of furan rings is 4. The third kappa shape index (κ3) is 16.1. The predicted octanol–water partition coefficient (Wildman–Crippen LogP) is 31.5. The SMILES string of the molecule is [C-]#[N+]c1c(-c2ccccc2)c(C(C)(C)C)cc2c1oc1c(-c3cccc[n+]3C)c(C)ccc12.[C-]#[N+]c1c(-c2ccccc2)c(CC(C)C)cc2c1oc1c(-c3cccc[n+]3C)c(C)ccc12.[C-]#[N+]c1c(-c2ccccc2)cc(C(C)(C)C)c2c1oc1c(-c3cccc[n+]3C)c(C)ccc12.[C-]#[N+]c1c(-c2ccccc2)ccc2c1oc1c(-c3cccc[n+]3C)c(C)cc(C(C)(C)C)c12. The van der Waals surface area contributed by atoms with Gasteiger partial charge in [0.25, 0.3) is 0 Å². The van der Waals surface area contributed by atoms with E-state index in [1.807, 2.05) is 129 Å². The van der Waals surface area contributed by atoms with Crippen LogP contribution in [0.25, 0.3) is 197 Å². The molecule has 0 amide bonds. The van der Waals surface area contributed by atoms with Gasteiger partial charge in [-0.3, -0.25) is 0 Å². The van der Waals surface area contributed by atoms with E-state index < -0.39 is 0 Å². The summed E-state index contributed by atoms with van der Waals surface area (Å²) >= 11 is 0. The predicted molar refractivity (Wildman–Crippen MR) is 542 cm³/mol. The van der Waals surface area contributed by atoms with E-state index in [0.717, 1.165) is 184 Å². The largest absolute Gasteiger partial charge is 0.466 e. The fraction of sp³-hybridized carbons (Fsp3) is 0.200. The van der Waals surface area contributed by atoms with Crippen LogP contribution in [0.2, 0.25) is 0 Å². The lowest BCUT2D eigenvalue weighted by atomic mass is 9.80. The van der Waals surface area contributed by atoms with Crippen molar-refractivity contribution in [2.45, 2.75) is 127 Å². The second-order valence-corrected chi connectivity index (χ2v) is 38.2. The number of pyridine rings is 4. The van der Waals surface area contributed by atoms with Gasteiger partial charge >= 0.3 is 0 Å². The highest BCUT2D eigenvalue weighted by Crippen LogP contribution is 2.54. The summed E-state index contributed by atoms with van der Waals surface area (Å²) in [5.41, 5.74) is 34.0. The van der Waals surface area contributed by atoms with Gasteiger partial charge < -0.3 is 17.7 Å². The van der Waals surface area contributed by atoms with Crippen molar-refractivity contribution in [1.82, 2.24) is 0 Å². The van der Waals surface area contributed by atoms with E-state index in [2.05, 4.69) is 333 Å². The molecule has 20 rings (SSSR count). The van der Waals surface area contributed by atoms with E-state index in [1.54, 1.807) is 0 Å². The van der Waals surface area contributed by atoms with Gasteiger partial charge in [0.15, 0.2) is 24.8 Å². The van der Waals surface area contributed by atoms with Gasteiger partial charge in [-0.05, 0) is 182 Å². The first-order chi connectivity index (χ1) is 63.4. The zero-order valence-corrected chi connectivity index (χ0v) is 78.7. The summed E-state index contributed by atoms with van der Waals surface area (Å²) in [6, 6.07) is 91.5. The second-order valence-electron chi connectivity index (χ2n) is 38.2. The molecule has 0 aliphatic rings. The van der Waals surface area contributed by atoms with Gasteiger partial charge in [-0.15, -0.1) is 0 Å². The number of hydrogen-bond donors (Lipinski definition) is 0. The maximum atomic E-state index is 8.15. The van der Waals surface area contributed by atoms with Crippen molar-refractivity contribution >= 4 is 111 Å². The number of fused-ring (bicyclic) bond motifs is 12. The molecule has 0 atom stereocenters. The van der Waals surface area contributed by atoms with E-state index in [0.29, 0.717) is 51.0 Å². The smallest absolute Gasteiger partial charge is 0.237 e. The number of nitrogens with zero attached hydrogens (tertiary/aromatic N) is 8.